The molecule has 3 nitrogen and oxygen atoms in total. The molecule has 1 saturated carbocycles. The van der Waals surface area contributed by atoms with Crippen molar-refractivity contribution in [2.24, 2.45) is 11.7 Å². The van der Waals surface area contributed by atoms with Crippen molar-refractivity contribution in [2.75, 3.05) is 26.2 Å². The van der Waals surface area contributed by atoms with Crippen LogP contribution < -0.4 is 5.73 Å². The molecule has 3 heteroatoms. The summed E-state index contributed by atoms with van der Waals surface area (Å²) < 4.78 is 5.75. The van der Waals surface area contributed by atoms with E-state index in [1.54, 1.807) is 0 Å². The van der Waals surface area contributed by atoms with E-state index in [-0.39, 0.29) is 5.54 Å². The van der Waals surface area contributed by atoms with Crippen molar-refractivity contribution in [1.29, 1.82) is 0 Å². The second-order valence-corrected chi connectivity index (χ2v) is 6.09. The Labute approximate surface area is 106 Å². The van der Waals surface area contributed by atoms with Crippen LogP contribution in [0.25, 0.3) is 0 Å². The molecular formula is C14H28N2O. The number of nitrogens with two attached hydrogens (primary N) is 1. The van der Waals surface area contributed by atoms with Crippen molar-refractivity contribution in [3.63, 3.8) is 0 Å². The predicted molar refractivity (Wildman–Crippen MR) is 71.0 cm³/mol. The number of hydrogen-bond acceptors (Lipinski definition) is 3. The van der Waals surface area contributed by atoms with Gasteiger partial charge in [0.25, 0.3) is 0 Å². The minimum atomic E-state index is 0.272. The van der Waals surface area contributed by atoms with E-state index in [0.717, 1.165) is 38.6 Å². The molecule has 100 valence electrons. The number of nitrogens with zero attached hydrogens (tertiary/aromatic N) is 1. The number of hydrogen-bond donors (Lipinski definition) is 1. The van der Waals surface area contributed by atoms with E-state index < -0.39 is 0 Å². The fourth-order valence-electron chi connectivity index (χ4n) is 3.37. The molecule has 1 heterocycles. The zero-order chi connectivity index (χ0) is 12.3. The first-order chi connectivity index (χ1) is 8.16. The van der Waals surface area contributed by atoms with Crippen LogP contribution in [-0.4, -0.2) is 42.8 Å². The van der Waals surface area contributed by atoms with E-state index in [1.807, 2.05) is 0 Å². The molecule has 17 heavy (non-hydrogen) atoms. The minimum Gasteiger partial charge on any atom is -0.377 e. The van der Waals surface area contributed by atoms with Crippen molar-refractivity contribution in [3.05, 3.63) is 0 Å². The highest BCUT2D eigenvalue weighted by Gasteiger charge is 2.39. The minimum absolute atomic E-state index is 0.272. The fraction of sp³-hybridized carbons (Fsp3) is 1.00. The van der Waals surface area contributed by atoms with Gasteiger partial charge in [-0.15, -0.1) is 0 Å². The Morgan fingerprint density at radius 2 is 2.00 bits per heavy atom. The third-order valence-corrected chi connectivity index (χ3v) is 4.71. The molecule has 0 aromatic carbocycles. The zero-order valence-corrected chi connectivity index (χ0v) is 11.5. The molecule has 1 aliphatic heterocycles. The van der Waals surface area contributed by atoms with Gasteiger partial charge >= 0.3 is 0 Å². The summed E-state index contributed by atoms with van der Waals surface area (Å²) >= 11 is 0. The summed E-state index contributed by atoms with van der Waals surface area (Å²) in [5.74, 6) is 0.885. The third-order valence-electron chi connectivity index (χ3n) is 4.71. The first-order valence-corrected chi connectivity index (χ1v) is 7.23. The average molecular weight is 240 g/mol. The standard InChI is InChI=1S/C14H28N2O/c1-12-4-6-14(11-15,7-5-12)16-8-3-9-17-13(2)10-16/h12-13H,3-11,15H2,1-2H3. The summed E-state index contributed by atoms with van der Waals surface area (Å²) in [6.45, 7) is 8.51. The highest BCUT2D eigenvalue weighted by atomic mass is 16.5. The second-order valence-electron chi connectivity index (χ2n) is 6.09. The lowest BCUT2D eigenvalue weighted by Gasteiger charge is -2.47. The largest absolute Gasteiger partial charge is 0.377 e. The molecule has 1 saturated heterocycles. The van der Waals surface area contributed by atoms with Gasteiger partial charge in [0.05, 0.1) is 6.10 Å². The molecule has 2 aliphatic rings. The molecule has 0 spiro atoms. The van der Waals surface area contributed by atoms with E-state index in [1.165, 1.54) is 25.7 Å². The molecule has 0 aromatic rings. The summed E-state index contributed by atoms with van der Waals surface area (Å²) in [6.07, 6.45) is 6.74. The first kappa shape index (κ1) is 13.3. The molecule has 2 fully saturated rings. The van der Waals surface area contributed by atoms with E-state index in [2.05, 4.69) is 18.7 Å². The van der Waals surface area contributed by atoms with Crippen molar-refractivity contribution in [2.45, 2.75) is 57.6 Å². The van der Waals surface area contributed by atoms with Crippen LogP contribution in [0, 0.1) is 5.92 Å². The van der Waals surface area contributed by atoms with Crippen LogP contribution in [0.2, 0.25) is 0 Å². The van der Waals surface area contributed by atoms with Crippen LogP contribution in [0.15, 0.2) is 0 Å². The molecule has 2 N–H and O–H groups in total. The van der Waals surface area contributed by atoms with Gasteiger partial charge in [0, 0.05) is 31.8 Å². The topological polar surface area (TPSA) is 38.5 Å². The lowest BCUT2D eigenvalue weighted by molar-refractivity contribution is 0.0151. The molecule has 2 rings (SSSR count). The van der Waals surface area contributed by atoms with Gasteiger partial charge in [-0.2, -0.15) is 0 Å². The Kier molecular flexibility index (Phi) is 4.45. The highest BCUT2D eigenvalue weighted by molar-refractivity contribution is 4.96. The average Bonchev–Trinajstić information content (AvgIpc) is 2.56. The molecule has 1 aliphatic carbocycles. The van der Waals surface area contributed by atoms with E-state index >= 15 is 0 Å². The Morgan fingerprint density at radius 3 is 2.65 bits per heavy atom. The van der Waals surface area contributed by atoms with Crippen LogP contribution in [0.3, 0.4) is 0 Å². The summed E-state index contributed by atoms with van der Waals surface area (Å²) in [7, 11) is 0. The lowest BCUT2D eigenvalue weighted by atomic mass is 9.76. The lowest BCUT2D eigenvalue weighted by Crippen LogP contribution is -2.57. The van der Waals surface area contributed by atoms with Crippen molar-refractivity contribution in [3.8, 4) is 0 Å². The van der Waals surface area contributed by atoms with E-state index in [9.17, 15) is 0 Å². The van der Waals surface area contributed by atoms with Crippen molar-refractivity contribution >= 4 is 0 Å². The highest BCUT2D eigenvalue weighted by Crippen LogP contribution is 2.36. The summed E-state index contributed by atoms with van der Waals surface area (Å²) in [5.41, 5.74) is 6.40. The maximum Gasteiger partial charge on any atom is 0.0674 e. The predicted octanol–water partition coefficient (Wildman–Crippen LogP) is 2.00. The van der Waals surface area contributed by atoms with Crippen LogP contribution in [0.4, 0.5) is 0 Å². The second kappa shape index (κ2) is 5.68. The summed E-state index contributed by atoms with van der Waals surface area (Å²) in [5, 5.41) is 0. The molecule has 1 unspecified atom stereocenters. The third kappa shape index (κ3) is 3.01. The molecule has 0 aromatic heterocycles. The van der Waals surface area contributed by atoms with Gasteiger partial charge in [-0.3, -0.25) is 4.90 Å². The first-order valence-electron chi connectivity index (χ1n) is 7.23. The summed E-state index contributed by atoms with van der Waals surface area (Å²) in [6, 6.07) is 0. The molecule has 0 amide bonds. The Hall–Kier alpha value is -0.120. The van der Waals surface area contributed by atoms with Gasteiger partial charge in [-0.1, -0.05) is 6.92 Å². The Balaban J connectivity index is 2.05. The van der Waals surface area contributed by atoms with Gasteiger partial charge in [0.1, 0.15) is 0 Å². The molecule has 1 atom stereocenters. The van der Waals surface area contributed by atoms with E-state index in [0.29, 0.717) is 6.10 Å². The van der Waals surface area contributed by atoms with Crippen molar-refractivity contribution < 1.29 is 4.74 Å². The Bertz CT molecular complexity index is 236. The zero-order valence-electron chi connectivity index (χ0n) is 11.5. The number of ether oxygens (including phenoxy) is 1. The van der Waals surface area contributed by atoms with E-state index in [4.69, 9.17) is 10.5 Å². The fourth-order valence-corrected chi connectivity index (χ4v) is 3.37. The monoisotopic (exact) mass is 240 g/mol. The van der Waals surface area contributed by atoms with Crippen LogP contribution in [-0.2, 0) is 4.74 Å². The van der Waals surface area contributed by atoms with Crippen LogP contribution in [0.5, 0.6) is 0 Å². The maximum absolute atomic E-state index is 6.13. The SMILES string of the molecule is CC1CCC(CN)(N2CCCOC(C)C2)CC1. The maximum atomic E-state index is 6.13. The normalized spacial score (nSPS) is 41.1. The van der Waals surface area contributed by atoms with Gasteiger partial charge < -0.3 is 10.5 Å². The van der Waals surface area contributed by atoms with Gasteiger partial charge in [-0.05, 0) is 44.9 Å². The van der Waals surface area contributed by atoms with Gasteiger partial charge in [0.15, 0.2) is 0 Å². The summed E-state index contributed by atoms with van der Waals surface area (Å²) in [4.78, 5) is 2.64. The molecular weight excluding hydrogens is 212 g/mol. The van der Waals surface area contributed by atoms with Crippen LogP contribution in [0.1, 0.15) is 46.0 Å². The van der Waals surface area contributed by atoms with Crippen molar-refractivity contribution in [1.82, 2.24) is 4.90 Å². The smallest absolute Gasteiger partial charge is 0.0674 e. The quantitative estimate of drug-likeness (QED) is 0.802. The Morgan fingerprint density at radius 1 is 1.29 bits per heavy atom. The van der Waals surface area contributed by atoms with Gasteiger partial charge in [0.2, 0.25) is 0 Å². The molecule has 0 bridgehead atoms. The van der Waals surface area contributed by atoms with Gasteiger partial charge in [-0.25, -0.2) is 0 Å². The molecule has 0 radical (unpaired) electrons. The number of rotatable bonds is 2. The van der Waals surface area contributed by atoms with Crippen LogP contribution >= 0.6 is 0 Å².